The molecule has 0 saturated carbocycles. The lowest BCUT2D eigenvalue weighted by Gasteiger charge is -2.10. The molecule has 3 rings (SSSR count). The molecule has 2 aromatic carbocycles. The minimum absolute atomic E-state index is 0.252. The van der Waals surface area contributed by atoms with Crippen molar-refractivity contribution in [3.63, 3.8) is 0 Å². The van der Waals surface area contributed by atoms with Gasteiger partial charge in [0.05, 0.1) is 7.11 Å². The molecule has 1 aromatic heterocycles. The van der Waals surface area contributed by atoms with Gasteiger partial charge in [0, 0.05) is 29.3 Å². The van der Waals surface area contributed by atoms with E-state index >= 15 is 0 Å². The number of carbonyl (C=O) groups excluding carboxylic acids is 1. The molecule has 2 N–H and O–H groups in total. The molecule has 0 spiro atoms. The van der Waals surface area contributed by atoms with E-state index in [1.54, 1.807) is 19.4 Å². The van der Waals surface area contributed by atoms with Gasteiger partial charge in [-0.2, -0.15) is 0 Å². The quantitative estimate of drug-likeness (QED) is 0.727. The minimum atomic E-state index is -0.252. The molecule has 0 atom stereocenters. The van der Waals surface area contributed by atoms with E-state index in [1.165, 1.54) is 0 Å². The van der Waals surface area contributed by atoms with Crippen molar-refractivity contribution in [2.24, 2.45) is 0 Å². The summed E-state index contributed by atoms with van der Waals surface area (Å²) in [6.45, 7) is 2.00. The predicted molar refractivity (Wildman–Crippen MR) is 99.6 cm³/mol. The number of anilines is 3. The minimum Gasteiger partial charge on any atom is -0.497 e. The summed E-state index contributed by atoms with van der Waals surface area (Å²) in [6.07, 6.45) is 1.60. The molecule has 0 aliphatic heterocycles. The number of benzene rings is 2. The maximum absolute atomic E-state index is 12.4. The first-order chi connectivity index (χ1) is 12.1. The van der Waals surface area contributed by atoms with Gasteiger partial charge in [0.1, 0.15) is 11.4 Å². The van der Waals surface area contributed by atoms with E-state index in [9.17, 15) is 4.79 Å². The van der Waals surface area contributed by atoms with Crippen LogP contribution in [0.5, 0.6) is 5.75 Å². The Kier molecular flexibility index (Phi) is 4.95. The Morgan fingerprint density at radius 2 is 1.72 bits per heavy atom. The van der Waals surface area contributed by atoms with E-state index in [4.69, 9.17) is 4.74 Å². The van der Waals surface area contributed by atoms with Gasteiger partial charge in [-0.3, -0.25) is 9.78 Å². The van der Waals surface area contributed by atoms with Crippen molar-refractivity contribution in [2.75, 3.05) is 17.7 Å². The Balaban J connectivity index is 1.74. The van der Waals surface area contributed by atoms with Crippen LogP contribution in [0, 0.1) is 6.92 Å². The molecule has 0 unspecified atom stereocenters. The molecule has 0 aliphatic rings. The number of hydrogen-bond donors (Lipinski definition) is 2. The largest absolute Gasteiger partial charge is 0.497 e. The molecular weight excluding hydrogens is 314 g/mol. The number of pyridine rings is 1. The Bertz CT molecular complexity index is 876. The molecule has 0 aliphatic carbocycles. The highest BCUT2D eigenvalue weighted by atomic mass is 16.5. The van der Waals surface area contributed by atoms with Crippen LogP contribution >= 0.6 is 0 Å². The summed E-state index contributed by atoms with van der Waals surface area (Å²) in [5.74, 6) is 0.509. The van der Waals surface area contributed by atoms with Gasteiger partial charge in [-0.15, -0.1) is 0 Å². The molecule has 3 aromatic rings. The third-order valence-corrected chi connectivity index (χ3v) is 3.66. The molecule has 0 fully saturated rings. The van der Waals surface area contributed by atoms with Crippen LogP contribution in [-0.4, -0.2) is 18.0 Å². The summed E-state index contributed by atoms with van der Waals surface area (Å²) in [4.78, 5) is 16.5. The predicted octanol–water partition coefficient (Wildman–Crippen LogP) is 4.39. The van der Waals surface area contributed by atoms with Crippen LogP contribution < -0.4 is 15.4 Å². The number of ether oxygens (including phenoxy) is 1. The summed E-state index contributed by atoms with van der Waals surface area (Å²) in [5, 5.41) is 6.09. The third-order valence-electron chi connectivity index (χ3n) is 3.66. The van der Waals surface area contributed by atoms with Crippen molar-refractivity contribution in [2.45, 2.75) is 6.92 Å². The third kappa shape index (κ3) is 4.35. The lowest BCUT2D eigenvalue weighted by molar-refractivity contribution is 0.102. The highest BCUT2D eigenvalue weighted by Gasteiger charge is 2.09. The summed E-state index contributed by atoms with van der Waals surface area (Å²) in [6, 6.07) is 18.7. The van der Waals surface area contributed by atoms with E-state index in [2.05, 4.69) is 15.6 Å². The Labute approximate surface area is 146 Å². The standard InChI is InChI=1S/C20H19N3O2/c1-14-6-8-15(9-7-14)23-20(24)19-13-17(10-11-21-19)22-16-4-3-5-18(12-16)25-2/h3-13H,1-2H3,(H,21,22)(H,23,24). The van der Waals surface area contributed by atoms with Crippen LogP contribution in [0.1, 0.15) is 16.1 Å². The summed E-state index contributed by atoms with van der Waals surface area (Å²) in [5.41, 5.74) is 3.87. The summed E-state index contributed by atoms with van der Waals surface area (Å²) >= 11 is 0. The number of rotatable bonds is 5. The Morgan fingerprint density at radius 3 is 2.48 bits per heavy atom. The van der Waals surface area contributed by atoms with E-state index in [-0.39, 0.29) is 5.91 Å². The number of hydrogen-bond acceptors (Lipinski definition) is 4. The van der Waals surface area contributed by atoms with Gasteiger partial charge in [0.2, 0.25) is 0 Å². The second-order valence-electron chi connectivity index (χ2n) is 5.61. The van der Waals surface area contributed by atoms with Crippen LogP contribution in [0.15, 0.2) is 66.9 Å². The first-order valence-corrected chi connectivity index (χ1v) is 7.89. The fourth-order valence-electron chi connectivity index (χ4n) is 2.33. The number of carbonyl (C=O) groups is 1. The first-order valence-electron chi connectivity index (χ1n) is 7.89. The van der Waals surface area contributed by atoms with Crippen molar-refractivity contribution >= 4 is 23.0 Å². The van der Waals surface area contributed by atoms with Gasteiger partial charge in [-0.05, 0) is 43.3 Å². The normalized spacial score (nSPS) is 10.2. The van der Waals surface area contributed by atoms with Crippen molar-refractivity contribution < 1.29 is 9.53 Å². The van der Waals surface area contributed by atoms with Gasteiger partial charge in [-0.1, -0.05) is 23.8 Å². The van der Waals surface area contributed by atoms with Crippen LogP contribution in [0.25, 0.3) is 0 Å². The van der Waals surface area contributed by atoms with Crippen LogP contribution in [0.2, 0.25) is 0 Å². The smallest absolute Gasteiger partial charge is 0.274 e. The Morgan fingerprint density at radius 1 is 0.960 bits per heavy atom. The first kappa shape index (κ1) is 16.5. The molecule has 5 heteroatoms. The summed E-state index contributed by atoms with van der Waals surface area (Å²) < 4.78 is 5.21. The molecule has 5 nitrogen and oxygen atoms in total. The van der Waals surface area contributed by atoms with Crippen molar-refractivity contribution in [3.8, 4) is 5.75 Å². The molecule has 0 bridgehead atoms. The zero-order valence-electron chi connectivity index (χ0n) is 14.1. The zero-order chi connectivity index (χ0) is 17.6. The molecule has 0 radical (unpaired) electrons. The highest BCUT2D eigenvalue weighted by Crippen LogP contribution is 2.21. The van der Waals surface area contributed by atoms with E-state index in [0.717, 1.165) is 28.4 Å². The number of nitrogens with one attached hydrogen (secondary N) is 2. The number of methoxy groups -OCH3 is 1. The van der Waals surface area contributed by atoms with Crippen LogP contribution in [0.3, 0.4) is 0 Å². The molecular formula is C20H19N3O2. The van der Waals surface area contributed by atoms with Gasteiger partial charge < -0.3 is 15.4 Å². The summed E-state index contributed by atoms with van der Waals surface area (Å²) in [7, 11) is 1.62. The lowest BCUT2D eigenvalue weighted by Crippen LogP contribution is -2.13. The second-order valence-corrected chi connectivity index (χ2v) is 5.61. The van der Waals surface area contributed by atoms with Gasteiger partial charge >= 0.3 is 0 Å². The zero-order valence-corrected chi connectivity index (χ0v) is 14.1. The molecule has 1 heterocycles. The monoisotopic (exact) mass is 333 g/mol. The number of nitrogens with zero attached hydrogens (tertiary/aromatic N) is 1. The molecule has 25 heavy (non-hydrogen) atoms. The molecule has 126 valence electrons. The van der Waals surface area contributed by atoms with Gasteiger partial charge in [0.15, 0.2) is 0 Å². The average Bonchev–Trinajstić information content (AvgIpc) is 2.64. The second kappa shape index (κ2) is 7.49. The highest BCUT2D eigenvalue weighted by molar-refractivity contribution is 6.03. The van der Waals surface area contributed by atoms with Gasteiger partial charge in [-0.25, -0.2) is 0 Å². The van der Waals surface area contributed by atoms with Crippen molar-refractivity contribution in [1.29, 1.82) is 0 Å². The number of amides is 1. The Hall–Kier alpha value is -3.34. The van der Waals surface area contributed by atoms with E-state index in [0.29, 0.717) is 5.69 Å². The average molecular weight is 333 g/mol. The maximum Gasteiger partial charge on any atom is 0.274 e. The van der Waals surface area contributed by atoms with E-state index < -0.39 is 0 Å². The fourth-order valence-corrected chi connectivity index (χ4v) is 2.33. The fraction of sp³-hybridized carbons (Fsp3) is 0.100. The van der Waals surface area contributed by atoms with Crippen molar-refractivity contribution in [3.05, 3.63) is 78.1 Å². The van der Waals surface area contributed by atoms with Crippen LogP contribution in [-0.2, 0) is 0 Å². The molecule has 1 amide bonds. The SMILES string of the molecule is COc1cccc(Nc2ccnc(C(=O)Nc3ccc(C)cc3)c2)c1. The van der Waals surface area contributed by atoms with Gasteiger partial charge in [0.25, 0.3) is 5.91 Å². The number of aromatic nitrogens is 1. The van der Waals surface area contributed by atoms with Crippen molar-refractivity contribution in [1.82, 2.24) is 4.98 Å². The maximum atomic E-state index is 12.4. The van der Waals surface area contributed by atoms with Crippen LogP contribution in [0.4, 0.5) is 17.1 Å². The number of aryl methyl sites for hydroxylation is 1. The van der Waals surface area contributed by atoms with E-state index in [1.807, 2.05) is 61.5 Å². The topological polar surface area (TPSA) is 63.2 Å². The molecule has 0 saturated heterocycles. The lowest BCUT2D eigenvalue weighted by atomic mass is 10.2.